The lowest BCUT2D eigenvalue weighted by Gasteiger charge is -2.27. The Labute approximate surface area is 154 Å². The molecule has 0 unspecified atom stereocenters. The number of amides is 2. The summed E-state index contributed by atoms with van der Waals surface area (Å²) >= 11 is 0. The van der Waals surface area contributed by atoms with Gasteiger partial charge in [0.25, 0.3) is 17.4 Å². The Morgan fingerprint density at radius 1 is 1.15 bits per heavy atom. The summed E-state index contributed by atoms with van der Waals surface area (Å²) in [6.07, 6.45) is 1.08. The van der Waals surface area contributed by atoms with E-state index in [-0.39, 0.29) is 11.5 Å². The lowest BCUT2D eigenvalue weighted by atomic mass is 10.1. The number of nitrogens with zero attached hydrogens (tertiary/aromatic N) is 2. The first-order chi connectivity index (χ1) is 12.9. The van der Waals surface area contributed by atoms with Crippen LogP contribution in [0.2, 0.25) is 0 Å². The maximum absolute atomic E-state index is 12.7. The van der Waals surface area contributed by atoms with Crippen molar-refractivity contribution >= 4 is 17.5 Å². The van der Waals surface area contributed by atoms with Gasteiger partial charge in [-0.1, -0.05) is 6.07 Å². The predicted octanol–water partition coefficient (Wildman–Crippen LogP) is 0.107. The Hall–Kier alpha value is -3.20. The summed E-state index contributed by atoms with van der Waals surface area (Å²) in [4.78, 5) is 52.6. The van der Waals surface area contributed by atoms with Crippen molar-refractivity contribution in [2.75, 3.05) is 31.6 Å². The van der Waals surface area contributed by atoms with Gasteiger partial charge in [-0.25, -0.2) is 4.79 Å². The maximum atomic E-state index is 12.7. The highest BCUT2D eigenvalue weighted by atomic mass is 16.5. The highest BCUT2D eigenvalue weighted by Gasteiger charge is 2.21. The number of ether oxygens (including phenoxy) is 1. The first-order valence-electron chi connectivity index (χ1n) is 8.46. The fraction of sp³-hybridized carbons (Fsp3) is 0.333. The molecule has 1 aliphatic heterocycles. The van der Waals surface area contributed by atoms with Crippen molar-refractivity contribution < 1.29 is 14.3 Å². The molecule has 142 valence electrons. The van der Waals surface area contributed by atoms with Crippen LogP contribution in [0.15, 0.2) is 34.0 Å². The molecule has 0 atom stereocenters. The van der Waals surface area contributed by atoms with Crippen molar-refractivity contribution in [2.45, 2.75) is 6.92 Å². The van der Waals surface area contributed by atoms with Crippen molar-refractivity contribution in [3.63, 3.8) is 0 Å². The van der Waals surface area contributed by atoms with Gasteiger partial charge in [-0.3, -0.25) is 19.0 Å². The smallest absolute Gasteiger partial charge is 0.328 e. The number of rotatable bonds is 3. The average molecular weight is 372 g/mol. The number of anilines is 1. The molecule has 1 aromatic carbocycles. The van der Waals surface area contributed by atoms with Crippen LogP contribution in [0, 0.1) is 6.92 Å². The van der Waals surface area contributed by atoms with E-state index >= 15 is 0 Å². The van der Waals surface area contributed by atoms with Crippen molar-refractivity contribution in [2.24, 2.45) is 7.05 Å². The fourth-order valence-electron chi connectivity index (χ4n) is 2.79. The van der Waals surface area contributed by atoms with Crippen LogP contribution in [-0.4, -0.2) is 52.6 Å². The van der Waals surface area contributed by atoms with Gasteiger partial charge in [-0.15, -0.1) is 0 Å². The van der Waals surface area contributed by atoms with Gasteiger partial charge >= 0.3 is 5.69 Å². The second kappa shape index (κ2) is 7.58. The maximum Gasteiger partial charge on any atom is 0.328 e. The van der Waals surface area contributed by atoms with Gasteiger partial charge < -0.3 is 19.9 Å². The van der Waals surface area contributed by atoms with Gasteiger partial charge in [0.1, 0.15) is 5.56 Å². The predicted molar refractivity (Wildman–Crippen MR) is 98.2 cm³/mol. The fourth-order valence-corrected chi connectivity index (χ4v) is 2.79. The molecule has 0 saturated carbocycles. The number of carbonyl (C=O) groups is 2. The number of aromatic amines is 1. The normalized spacial score (nSPS) is 14.1. The lowest BCUT2D eigenvalue weighted by molar-refractivity contribution is 0.0302. The molecule has 2 N–H and O–H groups in total. The van der Waals surface area contributed by atoms with Crippen molar-refractivity contribution in [1.82, 2.24) is 14.5 Å². The molecule has 27 heavy (non-hydrogen) atoms. The summed E-state index contributed by atoms with van der Waals surface area (Å²) < 4.78 is 6.08. The molecule has 9 heteroatoms. The zero-order valence-corrected chi connectivity index (χ0v) is 15.1. The molecule has 1 aliphatic rings. The van der Waals surface area contributed by atoms with E-state index in [1.807, 2.05) is 6.92 Å². The molecule has 2 aromatic rings. The van der Waals surface area contributed by atoms with Gasteiger partial charge in [0.05, 0.1) is 13.2 Å². The summed E-state index contributed by atoms with van der Waals surface area (Å²) in [5, 5.41) is 2.60. The van der Waals surface area contributed by atoms with E-state index in [1.165, 1.54) is 7.05 Å². The van der Waals surface area contributed by atoms with Gasteiger partial charge in [-0.05, 0) is 24.6 Å². The topological polar surface area (TPSA) is 114 Å². The van der Waals surface area contributed by atoms with Gasteiger partial charge in [0.15, 0.2) is 0 Å². The Morgan fingerprint density at radius 3 is 2.56 bits per heavy atom. The van der Waals surface area contributed by atoms with E-state index in [2.05, 4.69) is 10.3 Å². The average Bonchev–Trinajstić information content (AvgIpc) is 2.67. The van der Waals surface area contributed by atoms with E-state index in [0.29, 0.717) is 37.6 Å². The zero-order chi connectivity index (χ0) is 19.6. The molecule has 0 bridgehead atoms. The number of benzene rings is 1. The van der Waals surface area contributed by atoms with Crippen molar-refractivity contribution in [1.29, 1.82) is 0 Å². The minimum absolute atomic E-state index is 0.133. The quantitative estimate of drug-likeness (QED) is 0.794. The third kappa shape index (κ3) is 3.82. The van der Waals surface area contributed by atoms with E-state index in [0.717, 1.165) is 16.3 Å². The van der Waals surface area contributed by atoms with Gasteiger partial charge in [-0.2, -0.15) is 0 Å². The largest absolute Gasteiger partial charge is 0.378 e. The van der Waals surface area contributed by atoms with Crippen molar-refractivity contribution in [3.8, 4) is 0 Å². The second-order valence-corrected chi connectivity index (χ2v) is 6.26. The minimum atomic E-state index is -0.701. The molecule has 3 rings (SSSR count). The number of nitrogens with one attached hydrogen (secondary N) is 2. The number of carbonyl (C=O) groups excluding carboxylic acids is 2. The summed E-state index contributed by atoms with van der Waals surface area (Å²) in [5.41, 5.74) is 0.140. The Morgan fingerprint density at radius 2 is 1.85 bits per heavy atom. The molecule has 0 radical (unpaired) electrons. The second-order valence-electron chi connectivity index (χ2n) is 6.26. The number of aromatic nitrogens is 2. The molecular formula is C18H20N4O5. The Balaban J connectivity index is 1.85. The van der Waals surface area contributed by atoms with Crippen LogP contribution in [0.4, 0.5) is 5.69 Å². The van der Waals surface area contributed by atoms with Crippen LogP contribution in [0.5, 0.6) is 0 Å². The van der Waals surface area contributed by atoms with E-state index < -0.39 is 17.2 Å². The van der Waals surface area contributed by atoms with Crippen LogP contribution in [0.25, 0.3) is 0 Å². The zero-order valence-electron chi connectivity index (χ0n) is 15.1. The number of hydrogen-bond acceptors (Lipinski definition) is 5. The van der Waals surface area contributed by atoms with Gasteiger partial charge in [0.2, 0.25) is 0 Å². The standard InChI is InChI=1S/C18H20N4O5/c1-11-3-4-12(9-13(11)17(25)22-5-7-27-8-6-22)20-15(23)14-10-19-18(26)21(2)16(14)24/h3-4,9-10H,5-8H2,1-2H3,(H,19,26)(H,20,23). The van der Waals surface area contributed by atoms with Crippen LogP contribution < -0.4 is 16.6 Å². The number of aryl methyl sites for hydroxylation is 1. The molecule has 2 amide bonds. The van der Waals surface area contributed by atoms with Crippen LogP contribution in [0.1, 0.15) is 26.3 Å². The van der Waals surface area contributed by atoms with Crippen molar-refractivity contribution in [3.05, 3.63) is 61.9 Å². The first-order valence-corrected chi connectivity index (χ1v) is 8.46. The lowest BCUT2D eigenvalue weighted by Crippen LogP contribution is -2.41. The Bertz CT molecular complexity index is 1000. The molecule has 1 aromatic heterocycles. The third-order valence-electron chi connectivity index (χ3n) is 4.45. The number of H-pyrrole nitrogens is 1. The van der Waals surface area contributed by atoms with Crippen LogP contribution in [-0.2, 0) is 11.8 Å². The van der Waals surface area contributed by atoms with Crippen LogP contribution >= 0.6 is 0 Å². The highest BCUT2D eigenvalue weighted by molar-refractivity contribution is 6.05. The molecule has 2 heterocycles. The van der Waals surface area contributed by atoms with E-state index in [1.54, 1.807) is 23.1 Å². The molecule has 9 nitrogen and oxygen atoms in total. The summed E-state index contributed by atoms with van der Waals surface area (Å²) in [5.74, 6) is -0.799. The number of morpholine rings is 1. The van der Waals surface area contributed by atoms with E-state index in [9.17, 15) is 19.2 Å². The Kier molecular flexibility index (Phi) is 5.22. The molecule has 1 saturated heterocycles. The molecule has 0 spiro atoms. The molecule has 0 aliphatic carbocycles. The summed E-state index contributed by atoms with van der Waals surface area (Å²) in [6, 6.07) is 4.97. The summed E-state index contributed by atoms with van der Waals surface area (Å²) in [7, 11) is 1.28. The number of hydrogen-bond donors (Lipinski definition) is 2. The van der Waals surface area contributed by atoms with Crippen LogP contribution in [0.3, 0.4) is 0 Å². The van der Waals surface area contributed by atoms with Gasteiger partial charge in [0, 0.05) is 37.6 Å². The molecule has 1 fully saturated rings. The third-order valence-corrected chi connectivity index (χ3v) is 4.45. The van der Waals surface area contributed by atoms with E-state index in [4.69, 9.17) is 4.74 Å². The minimum Gasteiger partial charge on any atom is -0.378 e. The monoisotopic (exact) mass is 372 g/mol. The SMILES string of the molecule is Cc1ccc(NC(=O)c2c[nH]c(=O)n(C)c2=O)cc1C(=O)N1CCOCC1. The first kappa shape index (κ1) is 18.6. The molecular weight excluding hydrogens is 352 g/mol. The summed E-state index contributed by atoms with van der Waals surface area (Å²) in [6.45, 7) is 3.84. The highest BCUT2D eigenvalue weighted by Crippen LogP contribution is 2.18.